The standard InChI is InChI=1S/C18H15ClN4O3S2/c1-26-14-7-2-4-11(8-14)16(25)21-17-22-23-18(28-17)27-10-15(24)20-13-6-3-5-12(19)9-13/h2-9H,10H2,1H3,(H,20,24)(H,21,22,25). The molecule has 28 heavy (non-hydrogen) atoms. The van der Waals surface area contributed by atoms with Gasteiger partial charge in [0.05, 0.1) is 12.9 Å². The van der Waals surface area contributed by atoms with Crippen LogP contribution < -0.4 is 15.4 Å². The average Bonchev–Trinajstić information content (AvgIpc) is 3.14. The van der Waals surface area contributed by atoms with Crippen LogP contribution in [-0.2, 0) is 4.79 Å². The van der Waals surface area contributed by atoms with Gasteiger partial charge in [-0.05, 0) is 36.4 Å². The molecule has 0 spiro atoms. The van der Waals surface area contributed by atoms with Gasteiger partial charge in [0.1, 0.15) is 5.75 Å². The number of aromatic nitrogens is 2. The number of nitrogens with zero attached hydrogens (tertiary/aromatic N) is 2. The summed E-state index contributed by atoms with van der Waals surface area (Å²) in [5.41, 5.74) is 1.08. The molecule has 1 aromatic heterocycles. The lowest BCUT2D eigenvalue weighted by Gasteiger charge is -2.04. The Hall–Kier alpha value is -2.62. The summed E-state index contributed by atoms with van der Waals surface area (Å²) in [4.78, 5) is 24.3. The third-order valence-electron chi connectivity index (χ3n) is 3.39. The zero-order chi connectivity index (χ0) is 19.9. The van der Waals surface area contributed by atoms with Crippen molar-refractivity contribution in [3.8, 4) is 5.75 Å². The number of thioether (sulfide) groups is 1. The first-order chi connectivity index (χ1) is 13.5. The van der Waals surface area contributed by atoms with Crippen molar-refractivity contribution < 1.29 is 14.3 Å². The Morgan fingerprint density at radius 1 is 1.14 bits per heavy atom. The zero-order valence-electron chi connectivity index (χ0n) is 14.6. The molecular formula is C18H15ClN4O3S2. The molecule has 10 heteroatoms. The van der Waals surface area contributed by atoms with Gasteiger partial charge in [0.2, 0.25) is 11.0 Å². The van der Waals surface area contributed by atoms with Gasteiger partial charge >= 0.3 is 0 Å². The SMILES string of the molecule is COc1cccc(C(=O)Nc2nnc(SCC(=O)Nc3cccc(Cl)c3)s2)c1. The van der Waals surface area contributed by atoms with Crippen molar-refractivity contribution in [2.24, 2.45) is 0 Å². The first kappa shape index (κ1) is 20.1. The molecule has 0 radical (unpaired) electrons. The smallest absolute Gasteiger partial charge is 0.257 e. The highest BCUT2D eigenvalue weighted by Gasteiger charge is 2.12. The van der Waals surface area contributed by atoms with Gasteiger partial charge < -0.3 is 10.1 Å². The van der Waals surface area contributed by atoms with E-state index in [2.05, 4.69) is 20.8 Å². The summed E-state index contributed by atoms with van der Waals surface area (Å²) < 4.78 is 5.68. The maximum atomic E-state index is 12.3. The fraction of sp³-hybridized carbons (Fsp3) is 0.111. The van der Waals surface area contributed by atoms with E-state index >= 15 is 0 Å². The van der Waals surface area contributed by atoms with Crippen LogP contribution in [0, 0.1) is 0 Å². The lowest BCUT2D eigenvalue weighted by atomic mass is 10.2. The summed E-state index contributed by atoms with van der Waals surface area (Å²) in [6, 6.07) is 13.7. The van der Waals surface area contributed by atoms with Crippen molar-refractivity contribution >= 4 is 57.3 Å². The van der Waals surface area contributed by atoms with Crippen LogP contribution in [0.15, 0.2) is 52.9 Å². The molecule has 0 saturated heterocycles. The monoisotopic (exact) mass is 434 g/mol. The summed E-state index contributed by atoms with van der Waals surface area (Å²) in [7, 11) is 1.54. The molecule has 3 aromatic rings. The Morgan fingerprint density at radius 2 is 1.96 bits per heavy atom. The predicted molar refractivity (Wildman–Crippen MR) is 112 cm³/mol. The number of hydrogen-bond donors (Lipinski definition) is 2. The van der Waals surface area contributed by atoms with E-state index in [4.69, 9.17) is 16.3 Å². The number of amides is 2. The molecular weight excluding hydrogens is 420 g/mol. The van der Waals surface area contributed by atoms with Crippen LogP contribution in [0.5, 0.6) is 5.75 Å². The van der Waals surface area contributed by atoms with Crippen LogP contribution in [0.4, 0.5) is 10.8 Å². The second-order valence-corrected chi connectivity index (χ2v) is 8.04. The van der Waals surface area contributed by atoms with Gasteiger partial charge in [0.25, 0.3) is 5.91 Å². The predicted octanol–water partition coefficient (Wildman–Crippen LogP) is 4.18. The molecule has 0 atom stereocenters. The summed E-state index contributed by atoms with van der Waals surface area (Å²) in [6.45, 7) is 0. The molecule has 0 aliphatic heterocycles. The molecule has 0 saturated carbocycles. The zero-order valence-corrected chi connectivity index (χ0v) is 17.0. The van der Waals surface area contributed by atoms with Crippen molar-refractivity contribution in [2.75, 3.05) is 23.5 Å². The molecule has 2 amide bonds. The molecule has 0 aliphatic rings. The third-order valence-corrected chi connectivity index (χ3v) is 5.60. The number of carbonyl (C=O) groups excluding carboxylic acids is 2. The Morgan fingerprint density at radius 3 is 2.75 bits per heavy atom. The van der Waals surface area contributed by atoms with E-state index in [1.165, 1.54) is 30.2 Å². The Labute approximate surface area is 174 Å². The number of ether oxygens (including phenoxy) is 1. The first-order valence-corrected chi connectivity index (χ1v) is 10.2. The molecule has 0 aliphatic carbocycles. The molecule has 144 valence electrons. The molecule has 3 rings (SSSR count). The fourth-order valence-corrected chi connectivity index (χ4v) is 3.88. The molecule has 7 nitrogen and oxygen atoms in total. The number of halogens is 1. The molecule has 2 N–H and O–H groups in total. The van der Waals surface area contributed by atoms with Crippen LogP contribution >= 0.6 is 34.7 Å². The molecule has 1 heterocycles. The van der Waals surface area contributed by atoms with Crippen LogP contribution in [0.2, 0.25) is 5.02 Å². The number of rotatable bonds is 7. The molecule has 0 unspecified atom stereocenters. The number of methoxy groups -OCH3 is 1. The average molecular weight is 435 g/mol. The summed E-state index contributed by atoms with van der Waals surface area (Å²) >= 11 is 8.32. The van der Waals surface area contributed by atoms with Crippen molar-refractivity contribution in [1.82, 2.24) is 10.2 Å². The minimum atomic E-state index is -0.315. The minimum absolute atomic E-state index is 0.158. The minimum Gasteiger partial charge on any atom is -0.497 e. The number of benzene rings is 2. The van der Waals surface area contributed by atoms with E-state index in [1.807, 2.05) is 0 Å². The van der Waals surface area contributed by atoms with Gasteiger partial charge in [-0.1, -0.05) is 46.8 Å². The van der Waals surface area contributed by atoms with Crippen LogP contribution in [-0.4, -0.2) is 34.9 Å². The van der Waals surface area contributed by atoms with Gasteiger partial charge in [-0.25, -0.2) is 0 Å². The molecule has 0 fully saturated rings. The highest BCUT2D eigenvalue weighted by atomic mass is 35.5. The summed E-state index contributed by atoms with van der Waals surface area (Å²) in [5, 5.41) is 14.3. The van der Waals surface area contributed by atoms with E-state index in [0.717, 1.165) is 0 Å². The van der Waals surface area contributed by atoms with Crippen LogP contribution in [0.1, 0.15) is 10.4 Å². The van der Waals surface area contributed by atoms with Gasteiger partial charge in [-0.2, -0.15) is 0 Å². The first-order valence-electron chi connectivity index (χ1n) is 8.00. The molecule has 0 bridgehead atoms. The highest BCUT2D eigenvalue weighted by Crippen LogP contribution is 2.26. The summed E-state index contributed by atoms with van der Waals surface area (Å²) in [5.74, 6) is 0.243. The van der Waals surface area contributed by atoms with E-state index in [0.29, 0.717) is 31.5 Å². The second kappa shape index (κ2) is 9.54. The number of carbonyl (C=O) groups is 2. The number of hydrogen-bond acceptors (Lipinski definition) is 7. The van der Waals surface area contributed by atoms with E-state index in [1.54, 1.807) is 48.5 Å². The largest absolute Gasteiger partial charge is 0.497 e. The Kier molecular flexibility index (Phi) is 6.85. The van der Waals surface area contributed by atoms with E-state index in [9.17, 15) is 9.59 Å². The molecule has 2 aromatic carbocycles. The van der Waals surface area contributed by atoms with Crippen LogP contribution in [0.3, 0.4) is 0 Å². The Balaban J connectivity index is 1.52. The maximum Gasteiger partial charge on any atom is 0.257 e. The van der Waals surface area contributed by atoms with Gasteiger partial charge in [0.15, 0.2) is 4.34 Å². The van der Waals surface area contributed by atoms with Gasteiger partial charge in [0, 0.05) is 16.3 Å². The maximum absolute atomic E-state index is 12.3. The fourth-order valence-electron chi connectivity index (χ4n) is 2.14. The second-order valence-electron chi connectivity index (χ2n) is 5.41. The number of anilines is 2. The van der Waals surface area contributed by atoms with Crippen molar-refractivity contribution in [1.29, 1.82) is 0 Å². The normalized spacial score (nSPS) is 10.4. The lowest BCUT2D eigenvalue weighted by Crippen LogP contribution is -2.13. The Bertz CT molecular complexity index is 996. The quantitative estimate of drug-likeness (QED) is 0.428. The topological polar surface area (TPSA) is 93.2 Å². The highest BCUT2D eigenvalue weighted by molar-refractivity contribution is 8.01. The van der Waals surface area contributed by atoms with Gasteiger partial charge in [-0.15, -0.1) is 10.2 Å². The van der Waals surface area contributed by atoms with Gasteiger partial charge in [-0.3, -0.25) is 14.9 Å². The van der Waals surface area contributed by atoms with E-state index < -0.39 is 0 Å². The van der Waals surface area contributed by atoms with Crippen molar-refractivity contribution in [3.05, 3.63) is 59.1 Å². The van der Waals surface area contributed by atoms with Crippen molar-refractivity contribution in [3.63, 3.8) is 0 Å². The summed E-state index contributed by atoms with van der Waals surface area (Å²) in [6.07, 6.45) is 0. The van der Waals surface area contributed by atoms with Crippen LogP contribution in [0.25, 0.3) is 0 Å². The van der Waals surface area contributed by atoms with E-state index in [-0.39, 0.29) is 17.6 Å². The third kappa shape index (κ3) is 5.69. The number of nitrogens with one attached hydrogen (secondary N) is 2. The van der Waals surface area contributed by atoms with Crippen molar-refractivity contribution in [2.45, 2.75) is 4.34 Å². The lowest BCUT2D eigenvalue weighted by molar-refractivity contribution is -0.113.